The molecule has 0 aromatic rings. The first-order chi connectivity index (χ1) is 7.24. The highest BCUT2D eigenvalue weighted by Gasteiger charge is 2.23. The van der Waals surface area contributed by atoms with Crippen LogP contribution in [-0.4, -0.2) is 50.1 Å². The molecule has 2 fully saturated rings. The Kier molecular flexibility index (Phi) is 4.04. The zero-order valence-corrected chi connectivity index (χ0v) is 10.4. The van der Waals surface area contributed by atoms with Crippen molar-refractivity contribution in [2.24, 2.45) is 11.8 Å². The fraction of sp³-hybridized carbons (Fsp3) is 1.00. The summed E-state index contributed by atoms with van der Waals surface area (Å²) in [6.07, 6.45) is 7.29. The molecule has 0 aromatic heterocycles. The molecular weight excluding hydrogens is 184 g/mol. The summed E-state index contributed by atoms with van der Waals surface area (Å²) in [5.41, 5.74) is 0. The van der Waals surface area contributed by atoms with E-state index in [2.05, 4.69) is 23.9 Å². The van der Waals surface area contributed by atoms with E-state index in [4.69, 9.17) is 0 Å². The second-order valence-corrected chi connectivity index (χ2v) is 5.75. The van der Waals surface area contributed by atoms with Crippen molar-refractivity contribution in [2.75, 3.05) is 40.3 Å². The largest absolute Gasteiger partial charge is 0.306 e. The lowest BCUT2D eigenvalue weighted by atomic mass is 9.84. The van der Waals surface area contributed by atoms with Gasteiger partial charge in [-0.1, -0.05) is 0 Å². The first-order valence-corrected chi connectivity index (χ1v) is 6.61. The van der Waals surface area contributed by atoms with E-state index in [0.29, 0.717) is 0 Å². The lowest BCUT2D eigenvalue weighted by Crippen LogP contribution is -2.35. The molecule has 2 saturated heterocycles. The van der Waals surface area contributed by atoms with Crippen molar-refractivity contribution in [1.29, 1.82) is 0 Å². The van der Waals surface area contributed by atoms with Crippen LogP contribution in [0.2, 0.25) is 0 Å². The van der Waals surface area contributed by atoms with E-state index in [-0.39, 0.29) is 0 Å². The maximum atomic E-state index is 2.52. The number of hydrogen-bond acceptors (Lipinski definition) is 2. The first-order valence-electron chi connectivity index (χ1n) is 6.61. The topological polar surface area (TPSA) is 6.48 Å². The van der Waals surface area contributed by atoms with Gasteiger partial charge in [0, 0.05) is 6.54 Å². The molecule has 2 aliphatic heterocycles. The minimum absolute atomic E-state index is 0.997. The van der Waals surface area contributed by atoms with Crippen LogP contribution in [0.4, 0.5) is 0 Å². The van der Waals surface area contributed by atoms with E-state index in [0.717, 1.165) is 11.8 Å². The minimum Gasteiger partial charge on any atom is -0.306 e. The minimum atomic E-state index is 0.997. The second-order valence-electron chi connectivity index (χ2n) is 5.75. The van der Waals surface area contributed by atoms with Crippen molar-refractivity contribution >= 4 is 0 Å². The van der Waals surface area contributed by atoms with Gasteiger partial charge in [-0.15, -0.1) is 0 Å². The van der Waals surface area contributed by atoms with E-state index in [1.54, 1.807) is 0 Å². The zero-order valence-electron chi connectivity index (χ0n) is 10.4. The quantitative estimate of drug-likeness (QED) is 0.688. The van der Waals surface area contributed by atoms with Gasteiger partial charge in [-0.3, -0.25) is 0 Å². The molecule has 0 radical (unpaired) electrons. The molecule has 2 heterocycles. The Morgan fingerprint density at radius 1 is 0.867 bits per heavy atom. The van der Waals surface area contributed by atoms with Gasteiger partial charge in [-0.25, -0.2) is 0 Å². The Morgan fingerprint density at radius 2 is 1.60 bits per heavy atom. The standard InChI is InChI=1S/C13H26N2/c1-14-8-5-12(6-9-14)10-13-4-3-7-15(2)11-13/h12-13H,3-11H2,1-2H3. The van der Waals surface area contributed by atoms with Gasteiger partial charge in [-0.2, -0.15) is 0 Å². The molecule has 2 rings (SSSR count). The lowest BCUT2D eigenvalue weighted by Gasteiger charge is -2.35. The average molecular weight is 210 g/mol. The Bertz CT molecular complexity index is 185. The first kappa shape index (κ1) is 11.4. The number of piperidine rings is 2. The Balaban J connectivity index is 1.71. The third-order valence-electron chi connectivity index (χ3n) is 4.23. The van der Waals surface area contributed by atoms with Gasteiger partial charge >= 0.3 is 0 Å². The molecule has 0 saturated carbocycles. The van der Waals surface area contributed by atoms with Crippen LogP contribution in [0.15, 0.2) is 0 Å². The maximum Gasteiger partial charge on any atom is 0.000672 e. The van der Waals surface area contributed by atoms with E-state index in [1.165, 1.54) is 58.3 Å². The molecule has 1 unspecified atom stereocenters. The molecule has 0 spiro atoms. The molecule has 0 amide bonds. The predicted molar refractivity (Wildman–Crippen MR) is 65.1 cm³/mol. The van der Waals surface area contributed by atoms with Crippen molar-refractivity contribution < 1.29 is 0 Å². The summed E-state index contributed by atoms with van der Waals surface area (Å²) in [5.74, 6) is 2.02. The van der Waals surface area contributed by atoms with E-state index >= 15 is 0 Å². The van der Waals surface area contributed by atoms with Gasteiger partial charge in [-0.05, 0) is 77.7 Å². The van der Waals surface area contributed by atoms with Gasteiger partial charge in [0.15, 0.2) is 0 Å². The van der Waals surface area contributed by atoms with Gasteiger partial charge in [0.1, 0.15) is 0 Å². The van der Waals surface area contributed by atoms with Crippen LogP contribution in [0.3, 0.4) is 0 Å². The Morgan fingerprint density at radius 3 is 2.27 bits per heavy atom. The third kappa shape index (κ3) is 3.46. The maximum absolute atomic E-state index is 2.52. The van der Waals surface area contributed by atoms with Crippen molar-refractivity contribution in [1.82, 2.24) is 9.80 Å². The van der Waals surface area contributed by atoms with E-state index in [1.807, 2.05) is 0 Å². The molecular formula is C13H26N2. The van der Waals surface area contributed by atoms with Gasteiger partial charge in [0.2, 0.25) is 0 Å². The molecule has 2 heteroatoms. The van der Waals surface area contributed by atoms with E-state index < -0.39 is 0 Å². The third-order valence-corrected chi connectivity index (χ3v) is 4.23. The highest BCUT2D eigenvalue weighted by Crippen LogP contribution is 2.28. The molecule has 2 aliphatic rings. The molecule has 0 bridgehead atoms. The number of likely N-dealkylation sites (tertiary alicyclic amines) is 2. The smallest absolute Gasteiger partial charge is 0.000672 e. The highest BCUT2D eigenvalue weighted by atomic mass is 15.1. The summed E-state index contributed by atoms with van der Waals surface area (Å²) < 4.78 is 0. The number of rotatable bonds is 2. The summed E-state index contributed by atoms with van der Waals surface area (Å²) in [4.78, 5) is 4.99. The Hall–Kier alpha value is -0.0800. The number of hydrogen-bond donors (Lipinski definition) is 0. The van der Waals surface area contributed by atoms with Crippen molar-refractivity contribution in [3.63, 3.8) is 0 Å². The van der Waals surface area contributed by atoms with Gasteiger partial charge in [0.25, 0.3) is 0 Å². The van der Waals surface area contributed by atoms with Crippen molar-refractivity contribution in [2.45, 2.75) is 32.1 Å². The molecule has 15 heavy (non-hydrogen) atoms. The molecule has 2 nitrogen and oxygen atoms in total. The normalized spacial score (nSPS) is 32.0. The van der Waals surface area contributed by atoms with Gasteiger partial charge in [0.05, 0.1) is 0 Å². The van der Waals surface area contributed by atoms with Crippen LogP contribution in [-0.2, 0) is 0 Å². The fourth-order valence-electron chi connectivity index (χ4n) is 3.23. The van der Waals surface area contributed by atoms with Crippen LogP contribution < -0.4 is 0 Å². The fourth-order valence-corrected chi connectivity index (χ4v) is 3.23. The van der Waals surface area contributed by atoms with Crippen molar-refractivity contribution in [3.05, 3.63) is 0 Å². The summed E-state index contributed by atoms with van der Waals surface area (Å²) in [6, 6.07) is 0. The average Bonchev–Trinajstić information content (AvgIpc) is 2.22. The Labute approximate surface area is 94.6 Å². The van der Waals surface area contributed by atoms with Crippen LogP contribution in [0.25, 0.3) is 0 Å². The summed E-state index contributed by atoms with van der Waals surface area (Å²) in [7, 11) is 4.53. The van der Waals surface area contributed by atoms with Crippen molar-refractivity contribution in [3.8, 4) is 0 Å². The van der Waals surface area contributed by atoms with Crippen LogP contribution in [0.1, 0.15) is 32.1 Å². The van der Waals surface area contributed by atoms with Crippen LogP contribution in [0, 0.1) is 11.8 Å². The summed E-state index contributed by atoms with van der Waals surface area (Å²) >= 11 is 0. The monoisotopic (exact) mass is 210 g/mol. The molecule has 0 aromatic carbocycles. The molecule has 0 aliphatic carbocycles. The predicted octanol–water partition coefficient (Wildman–Crippen LogP) is 2.06. The van der Waals surface area contributed by atoms with Crippen LogP contribution in [0.5, 0.6) is 0 Å². The molecule has 0 N–H and O–H groups in total. The highest BCUT2D eigenvalue weighted by molar-refractivity contribution is 4.77. The summed E-state index contributed by atoms with van der Waals surface area (Å²) in [5, 5.41) is 0. The lowest BCUT2D eigenvalue weighted by molar-refractivity contribution is 0.149. The van der Waals surface area contributed by atoms with Crippen LogP contribution >= 0.6 is 0 Å². The zero-order chi connectivity index (χ0) is 10.7. The molecule has 88 valence electrons. The summed E-state index contributed by atoms with van der Waals surface area (Å²) in [6.45, 7) is 5.33. The number of nitrogens with zero attached hydrogens (tertiary/aromatic N) is 2. The second kappa shape index (κ2) is 5.31. The van der Waals surface area contributed by atoms with E-state index in [9.17, 15) is 0 Å². The SMILES string of the molecule is CN1CCC(CC2CCCN(C)C2)CC1. The molecule has 1 atom stereocenters. The van der Waals surface area contributed by atoms with Gasteiger partial charge < -0.3 is 9.80 Å².